The Balaban J connectivity index is 0.916. The lowest BCUT2D eigenvalue weighted by molar-refractivity contribution is 0.664. The second-order valence-corrected chi connectivity index (χ2v) is 16.5. The van der Waals surface area contributed by atoms with Crippen molar-refractivity contribution in [2.45, 2.75) is 0 Å². The van der Waals surface area contributed by atoms with Gasteiger partial charge in [0.1, 0.15) is 22.3 Å². The highest BCUT2D eigenvalue weighted by molar-refractivity contribution is 6.26. The van der Waals surface area contributed by atoms with Gasteiger partial charge in [-0.15, -0.1) is 0 Å². The van der Waals surface area contributed by atoms with Gasteiger partial charge in [0.15, 0.2) is 0 Å². The number of fused-ring (bicyclic) bond motifs is 12. The first-order chi connectivity index (χ1) is 31.2. The molecule has 294 valence electrons. The van der Waals surface area contributed by atoms with Crippen molar-refractivity contribution >= 4 is 93.3 Å². The molecular weight excluding hydrogens is 767 g/mol. The summed E-state index contributed by atoms with van der Waals surface area (Å²) < 4.78 is 13.2. The number of hydrogen-bond donors (Lipinski definition) is 0. The Bertz CT molecular complexity index is 3760. The van der Waals surface area contributed by atoms with Crippen molar-refractivity contribution in [1.82, 2.24) is 0 Å². The van der Waals surface area contributed by atoms with Crippen LogP contribution >= 0.6 is 0 Å². The number of nitrogens with zero attached hydrogens (tertiary/aromatic N) is 1. The van der Waals surface area contributed by atoms with Crippen LogP contribution in [0.5, 0.6) is 0 Å². The third-order valence-corrected chi connectivity index (χ3v) is 12.8. The molecule has 0 N–H and O–H groups in total. The van der Waals surface area contributed by atoms with Gasteiger partial charge in [0.2, 0.25) is 0 Å². The van der Waals surface area contributed by atoms with Crippen molar-refractivity contribution in [2.24, 2.45) is 0 Å². The van der Waals surface area contributed by atoms with E-state index in [-0.39, 0.29) is 0 Å². The average molecular weight is 804 g/mol. The molecule has 0 fully saturated rings. The van der Waals surface area contributed by atoms with Crippen molar-refractivity contribution < 1.29 is 8.83 Å². The maximum atomic E-state index is 6.63. The molecule has 0 saturated heterocycles. The van der Waals surface area contributed by atoms with Gasteiger partial charge in [0.25, 0.3) is 0 Å². The molecule has 2 aromatic heterocycles. The third kappa shape index (κ3) is 5.82. The quantitative estimate of drug-likeness (QED) is 0.157. The van der Waals surface area contributed by atoms with E-state index in [1.54, 1.807) is 0 Å². The molecule has 0 spiro atoms. The van der Waals surface area contributed by atoms with Crippen molar-refractivity contribution in [2.75, 3.05) is 4.90 Å². The number of hydrogen-bond acceptors (Lipinski definition) is 3. The van der Waals surface area contributed by atoms with E-state index >= 15 is 0 Å². The van der Waals surface area contributed by atoms with Gasteiger partial charge in [-0.1, -0.05) is 152 Å². The Morgan fingerprint density at radius 2 is 0.556 bits per heavy atom. The minimum Gasteiger partial charge on any atom is -0.456 e. The van der Waals surface area contributed by atoms with E-state index in [2.05, 4.69) is 229 Å². The highest BCUT2D eigenvalue weighted by atomic mass is 16.3. The van der Waals surface area contributed by atoms with Crippen LogP contribution in [0.1, 0.15) is 0 Å². The smallest absolute Gasteiger partial charge is 0.136 e. The molecule has 13 aromatic rings. The Morgan fingerprint density at radius 1 is 0.206 bits per heavy atom. The summed E-state index contributed by atoms with van der Waals surface area (Å²) >= 11 is 0. The number of furan rings is 2. The zero-order valence-electron chi connectivity index (χ0n) is 34.1. The Morgan fingerprint density at radius 3 is 1.08 bits per heavy atom. The van der Waals surface area contributed by atoms with E-state index in [4.69, 9.17) is 8.83 Å². The van der Waals surface area contributed by atoms with Crippen molar-refractivity contribution in [3.8, 4) is 33.4 Å². The van der Waals surface area contributed by atoms with Crippen LogP contribution in [-0.2, 0) is 0 Å². The summed E-state index contributed by atoms with van der Waals surface area (Å²) in [6, 6.07) is 80.4. The lowest BCUT2D eigenvalue weighted by Crippen LogP contribution is -2.09. The fourth-order valence-corrected chi connectivity index (χ4v) is 9.75. The second kappa shape index (κ2) is 14.1. The van der Waals surface area contributed by atoms with Crippen LogP contribution in [-0.4, -0.2) is 0 Å². The van der Waals surface area contributed by atoms with Crippen molar-refractivity contribution in [3.05, 3.63) is 224 Å². The third-order valence-electron chi connectivity index (χ3n) is 12.8. The Labute approximate surface area is 363 Å². The summed E-state index contributed by atoms with van der Waals surface area (Å²) in [5, 5.41) is 11.8. The molecule has 0 aliphatic heterocycles. The molecule has 0 atom stereocenters. The monoisotopic (exact) mass is 803 g/mol. The van der Waals surface area contributed by atoms with Crippen LogP contribution < -0.4 is 4.90 Å². The number of anilines is 3. The topological polar surface area (TPSA) is 29.5 Å². The number of benzene rings is 11. The normalized spacial score (nSPS) is 11.8. The molecule has 2 heterocycles. The van der Waals surface area contributed by atoms with Gasteiger partial charge in [-0.3, -0.25) is 0 Å². The molecule has 3 heteroatoms. The first kappa shape index (κ1) is 35.4. The minimum absolute atomic E-state index is 0.831. The zero-order chi connectivity index (χ0) is 41.4. The SMILES string of the molecule is c1ccc(-c2ccc(N(c3ccc(-c4ccccc4)cc3)c3ccc4oc5cc6c(cc5c4c3)oc3ccc(-c4ccc5c7ccccc7c7ccccc7c5c4)cc36)cc2)cc1. The molecule has 0 unspecified atom stereocenters. The summed E-state index contributed by atoms with van der Waals surface area (Å²) in [7, 11) is 0. The molecule has 0 aliphatic rings. The molecule has 0 aliphatic carbocycles. The largest absolute Gasteiger partial charge is 0.456 e. The van der Waals surface area contributed by atoms with Gasteiger partial charge in [0, 0.05) is 38.6 Å². The van der Waals surface area contributed by atoms with Crippen LogP contribution in [0, 0.1) is 0 Å². The molecule has 0 saturated carbocycles. The van der Waals surface area contributed by atoms with Gasteiger partial charge >= 0.3 is 0 Å². The molecule has 0 radical (unpaired) electrons. The van der Waals surface area contributed by atoms with E-state index in [0.717, 1.165) is 66.5 Å². The molecule has 3 nitrogen and oxygen atoms in total. The summed E-state index contributed by atoms with van der Waals surface area (Å²) in [6.45, 7) is 0. The highest BCUT2D eigenvalue weighted by Gasteiger charge is 2.19. The van der Waals surface area contributed by atoms with E-state index in [1.165, 1.54) is 60.1 Å². The van der Waals surface area contributed by atoms with Crippen LogP contribution in [0.2, 0.25) is 0 Å². The average Bonchev–Trinajstić information content (AvgIpc) is 3.90. The van der Waals surface area contributed by atoms with E-state index < -0.39 is 0 Å². The fraction of sp³-hybridized carbons (Fsp3) is 0. The molecule has 0 amide bonds. The van der Waals surface area contributed by atoms with Gasteiger partial charge in [-0.05, 0) is 138 Å². The van der Waals surface area contributed by atoms with Crippen molar-refractivity contribution in [3.63, 3.8) is 0 Å². The van der Waals surface area contributed by atoms with Crippen LogP contribution in [0.3, 0.4) is 0 Å². The first-order valence-electron chi connectivity index (χ1n) is 21.5. The standard InChI is InChI=1S/C60H37NO2/c1-3-11-38(12-4-1)40-19-25-44(26-20-40)61(45-27-21-41(22-28-45)39-13-5-2-6-14-39)46-29-32-58-54(35-46)56-37-59-55(36-60(56)63-58)53-34-43(24-31-57(53)62-59)42-23-30-51-49-17-8-7-15-47(49)48-16-9-10-18-50(48)52(51)33-42/h1-37H. The van der Waals surface area contributed by atoms with Gasteiger partial charge in [0.05, 0.1) is 0 Å². The Kier molecular flexibility index (Phi) is 7.91. The maximum absolute atomic E-state index is 6.63. The molecular formula is C60H37NO2. The predicted molar refractivity (Wildman–Crippen MR) is 265 cm³/mol. The molecule has 13 rings (SSSR count). The van der Waals surface area contributed by atoms with E-state index in [9.17, 15) is 0 Å². The molecule has 0 bridgehead atoms. The highest BCUT2D eigenvalue weighted by Crippen LogP contribution is 2.43. The van der Waals surface area contributed by atoms with Gasteiger partial charge in [-0.25, -0.2) is 0 Å². The minimum atomic E-state index is 0.831. The lowest BCUT2D eigenvalue weighted by Gasteiger charge is -2.26. The van der Waals surface area contributed by atoms with Crippen LogP contribution in [0.4, 0.5) is 17.1 Å². The molecule has 11 aromatic carbocycles. The zero-order valence-corrected chi connectivity index (χ0v) is 34.1. The maximum Gasteiger partial charge on any atom is 0.136 e. The van der Waals surface area contributed by atoms with E-state index in [0.29, 0.717) is 0 Å². The molecule has 63 heavy (non-hydrogen) atoms. The summed E-state index contributed by atoms with van der Waals surface area (Å²) in [6.07, 6.45) is 0. The predicted octanol–water partition coefficient (Wildman–Crippen LogP) is 17.4. The second-order valence-electron chi connectivity index (χ2n) is 16.5. The van der Waals surface area contributed by atoms with Crippen molar-refractivity contribution in [1.29, 1.82) is 0 Å². The Hall–Kier alpha value is -8.40. The summed E-state index contributed by atoms with van der Waals surface area (Å²) in [4.78, 5) is 2.32. The van der Waals surface area contributed by atoms with Gasteiger partial charge in [-0.2, -0.15) is 0 Å². The first-order valence-corrected chi connectivity index (χ1v) is 21.5. The summed E-state index contributed by atoms with van der Waals surface area (Å²) in [5.41, 5.74) is 13.6. The summed E-state index contributed by atoms with van der Waals surface area (Å²) in [5.74, 6) is 0. The van der Waals surface area contributed by atoms with Gasteiger partial charge < -0.3 is 13.7 Å². The van der Waals surface area contributed by atoms with Crippen LogP contribution in [0.25, 0.3) is 110 Å². The lowest BCUT2D eigenvalue weighted by atomic mass is 9.92. The van der Waals surface area contributed by atoms with E-state index in [1.807, 2.05) is 0 Å². The number of rotatable bonds is 6. The fourth-order valence-electron chi connectivity index (χ4n) is 9.75. The van der Waals surface area contributed by atoms with Crippen LogP contribution in [0.15, 0.2) is 233 Å².